The number of carbonyl (C=O) groups excluding carboxylic acids is 1. The molecule has 0 aliphatic carbocycles. The molecule has 0 radical (unpaired) electrons. The molecule has 2 amide bonds. The number of amides is 2. The van der Waals surface area contributed by atoms with Crippen LogP contribution in [0.4, 0.5) is 23.8 Å². The second-order valence-electron chi connectivity index (χ2n) is 9.91. The van der Waals surface area contributed by atoms with Gasteiger partial charge in [-0.25, -0.2) is 22.6 Å². The van der Waals surface area contributed by atoms with Gasteiger partial charge in [-0.3, -0.25) is 5.32 Å². The van der Waals surface area contributed by atoms with E-state index in [0.29, 0.717) is 23.5 Å². The van der Waals surface area contributed by atoms with Crippen molar-refractivity contribution in [2.45, 2.75) is 30.9 Å². The molecule has 2 heterocycles. The normalized spacial score (nSPS) is 19.2. The summed E-state index contributed by atoms with van der Waals surface area (Å²) >= 11 is 0. The quantitative estimate of drug-likeness (QED) is 0.244. The Balaban J connectivity index is 1.63. The van der Waals surface area contributed by atoms with Crippen molar-refractivity contribution in [1.29, 1.82) is 0 Å². The molecular weight excluding hydrogens is 543 g/mol. The number of nitrogens with one attached hydrogen (secondary N) is 3. The van der Waals surface area contributed by atoms with Crippen molar-refractivity contribution in [3.8, 4) is 11.6 Å². The molecule has 0 spiro atoms. The first-order chi connectivity index (χ1) is 19.7. The predicted octanol–water partition coefficient (Wildman–Crippen LogP) is 3.27. The summed E-state index contributed by atoms with van der Waals surface area (Å²) in [4.78, 5) is 13.6. The van der Waals surface area contributed by atoms with Crippen molar-refractivity contribution in [3.05, 3.63) is 71.0 Å². The van der Waals surface area contributed by atoms with Gasteiger partial charge in [-0.05, 0) is 43.2 Å². The van der Waals surface area contributed by atoms with Crippen molar-refractivity contribution in [3.63, 3.8) is 0 Å². The molecule has 1 fully saturated rings. The van der Waals surface area contributed by atoms with E-state index in [1.165, 1.54) is 18.9 Å². The third-order valence-corrected chi connectivity index (χ3v) is 7.06. The average Bonchev–Trinajstić information content (AvgIpc) is 3.50. The molecule has 13 heteroatoms. The van der Waals surface area contributed by atoms with Gasteiger partial charge in [0.1, 0.15) is 18.5 Å². The highest BCUT2D eigenvalue weighted by atomic mass is 19.2. The van der Waals surface area contributed by atoms with E-state index in [1.807, 2.05) is 18.2 Å². The maximum absolute atomic E-state index is 14.2. The summed E-state index contributed by atoms with van der Waals surface area (Å²) in [6, 6.07) is 10.4. The van der Waals surface area contributed by atoms with Crippen molar-refractivity contribution >= 4 is 11.8 Å². The molecule has 41 heavy (non-hydrogen) atoms. The number of anilines is 1. The van der Waals surface area contributed by atoms with Crippen LogP contribution in [0.5, 0.6) is 5.88 Å². The van der Waals surface area contributed by atoms with E-state index in [4.69, 9.17) is 14.2 Å². The largest absolute Gasteiger partial charge is 0.474 e. The lowest BCUT2D eigenvalue weighted by Crippen LogP contribution is -2.55. The predicted molar refractivity (Wildman–Crippen MR) is 145 cm³/mol. The highest BCUT2D eigenvalue weighted by Crippen LogP contribution is 2.36. The molecule has 1 aromatic heterocycles. The highest BCUT2D eigenvalue weighted by molar-refractivity contribution is 5.90. The Morgan fingerprint density at radius 2 is 1.88 bits per heavy atom. The monoisotopic (exact) mass is 577 g/mol. The Kier molecular flexibility index (Phi) is 9.86. The molecule has 3 atom stereocenters. The highest BCUT2D eigenvalue weighted by Gasteiger charge is 2.45. The molecule has 0 bridgehead atoms. The number of hydrogen-bond donors (Lipinski definition) is 4. The van der Waals surface area contributed by atoms with Crippen molar-refractivity contribution < 1.29 is 37.3 Å². The smallest absolute Gasteiger partial charge is 0.320 e. The van der Waals surface area contributed by atoms with Crippen LogP contribution in [0.3, 0.4) is 0 Å². The molecule has 0 saturated carbocycles. The minimum Gasteiger partial charge on any atom is -0.474 e. The van der Waals surface area contributed by atoms with E-state index in [9.17, 15) is 23.1 Å². The number of para-hydroxylation sites is 1. The molecule has 4 rings (SSSR count). The van der Waals surface area contributed by atoms with E-state index >= 15 is 0 Å². The summed E-state index contributed by atoms with van der Waals surface area (Å²) in [6.45, 7) is 2.52. The van der Waals surface area contributed by atoms with Gasteiger partial charge in [0, 0.05) is 39.8 Å². The first-order valence-corrected chi connectivity index (χ1v) is 13.1. The zero-order valence-corrected chi connectivity index (χ0v) is 23.0. The number of aromatic nitrogens is 2. The van der Waals surface area contributed by atoms with Crippen molar-refractivity contribution in [1.82, 2.24) is 20.4 Å². The van der Waals surface area contributed by atoms with Crippen LogP contribution in [0.1, 0.15) is 23.5 Å². The van der Waals surface area contributed by atoms with Crippen LogP contribution in [-0.2, 0) is 9.47 Å². The minimum absolute atomic E-state index is 0.0760. The Morgan fingerprint density at radius 3 is 2.54 bits per heavy atom. The van der Waals surface area contributed by atoms with Crippen LogP contribution >= 0.6 is 0 Å². The number of benzene rings is 2. The SMILES string of the molecule is COCC[C@@]1(NC(=O)Nc2c(C)c(OC[C@H](O)COC)nn2-c2ccccc2)CNC[C@H]1c1cc(F)c(F)c(F)c1. The molecular formula is C28H34F3N5O5. The van der Waals surface area contributed by atoms with Crippen molar-refractivity contribution in [2.75, 3.05) is 52.4 Å². The Hall–Kier alpha value is -3.65. The third kappa shape index (κ3) is 6.81. The Morgan fingerprint density at radius 1 is 1.17 bits per heavy atom. The molecule has 1 saturated heterocycles. The van der Waals surface area contributed by atoms with Gasteiger partial charge in [-0.15, -0.1) is 5.10 Å². The zero-order valence-electron chi connectivity index (χ0n) is 23.0. The topological polar surface area (TPSA) is 119 Å². The van der Waals surface area contributed by atoms with Gasteiger partial charge in [0.2, 0.25) is 5.88 Å². The minimum atomic E-state index is -1.55. The van der Waals surface area contributed by atoms with Crippen LogP contribution in [0, 0.1) is 24.4 Å². The summed E-state index contributed by atoms with van der Waals surface area (Å²) < 4.78 is 59.4. The number of nitrogens with zero attached hydrogens (tertiary/aromatic N) is 2. The number of hydrogen-bond acceptors (Lipinski definition) is 7. The van der Waals surface area contributed by atoms with Crippen LogP contribution in [-0.4, -0.2) is 79.7 Å². The van der Waals surface area contributed by atoms with Gasteiger partial charge in [-0.2, -0.15) is 0 Å². The van der Waals surface area contributed by atoms with Gasteiger partial charge < -0.3 is 30.0 Å². The lowest BCUT2D eigenvalue weighted by atomic mass is 9.79. The summed E-state index contributed by atoms with van der Waals surface area (Å²) in [5.74, 6) is -4.23. The average molecular weight is 578 g/mol. The number of rotatable bonds is 12. The van der Waals surface area contributed by atoms with E-state index in [-0.39, 0.29) is 44.4 Å². The Labute approximate surface area is 235 Å². The fraction of sp³-hybridized carbons (Fsp3) is 0.429. The van der Waals surface area contributed by atoms with Gasteiger partial charge in [0.25, 0.3) is 0 Å². The zero-order chi connectivity index (χ0) is 29.6. The standard InChI is InChI=1S/C28H34F3N5O5/c1-17-25(36(19-7-5-4-6-8-19)35-26(17)41-15-20(37)14-40-3)33-27(38)34-28(9-10-39-2)16-32-13-21(28)18-11-22(29)24(31)23(30)12-18/h4-8,11-12,20-21,32,37H,9-10,13-16H2,1-3H3,(H2,33,34,38)/t20-,21+,28-/m1/s1. The maximum atomic E-state index is 14.2. The molecule has 4 N–H and O–H groups in total. The maximum Gasteiger partial charge on any atom is 0.320 e. The van der Waals surface area contributed by atoms with E-state index in [0.717, 1.165) is 12.1 Å². The number of methoxy groups -OCH3 is 2. The fourth-order valence-corrected chi connectivity index (χ4v) is 5.01. The molecule has 2 aromatic carbocycles. The first-order valence-electron chi connectivity index (χ1n) is 13.1. The molecule has 10 nitrogen and oxygen atoms in total. The van der Waals surface area contributed by atoms with Gasteiger partial charge in [0.15, 0.2) is 17.5 Å². The van der Waals surface area contributed by atoms with Gasteiger partial charge in [-0.1, -0.05) is 18.2 Å². The lowest BCUT2D eigenvalue weighted by molar-refractivity contribution is 0.0311. The number of ether oxygens (including phenoxy) is 3. The summed E-state index contributed by atoms with van der Waals surface area (Å²) in [5.41, 5.74) is 0.332. The molecule has 0 unspecified atom stereocenters. The van der Waals surface area contributed by atoms with Crippen LogP contribution < -0.4 is 20.7 Å². The summed E-state index contributed by atoms with van der Waals surface area (Å²) in [5, 5.41) is 23.5. The molecule has 1 aliphatic rings. The van der Waals surface area contributed by atoms with E-state index in [2.05, 4.69) is 21.0 Å². The number of halogens is 3. The fourth-order valence-electron chi connectivity index (χ4n) is 5.01. The third-order valence-electron chi connectivity index (χ3n) is 7.06. The van der Waals surface area contributed by atoms with Crippen molar-refractivity contribution in [2.24, 2.45) is 0 Å². The molecule has 3 aromatic rings. The number of aliphatic hydroxyl groups excluding tert-OH is 1. The summed E-state index contributed by atoms with van der Waals surface area (Å²) in [6.07, 6.45) is -0.577. The summed E-state index contributed by atoms with van der Waals surface area (Å²) in [7, 11) is 2.97. The van der Waals surface area contributed by atoms with Gasteiger partial charge >= 0.3 is 6.03 Å². The van der Waals surface area contributed by atoms with E-state index < -0.39 is 41.0 Å². The first kappa shape index (κ1) is 30.3. The second kappa shape index (κ2) is 13.3. The van der Waals surface area contributed by atoms with E-state index in [1.54, 1.807) is 19.1 Å². The van der Waals surface area contributed by atoms with Gasteiger partial charge in [0.05, 0.1) is 23.4 Å². The molecule has 222 valence electrons. The number of urea groups is 1. The van der Waals surface area contributed by atoms with Crippen LogP contribution in [0.15, 0.2) is 42.5 Å². The number of carbonyl (C=O) groups is 1. The van der Waals surface area contributed by atoms with Crippen LogP contribution in [0.2, 0.25) is 0 Å². The Bertz CT molecular complexity index is 1320. The molecule has 1 aliphatic heterocycles. The number of aliphatic hydroxyl groups is 1. The van der Waals surface area contributed by atoms with Crippen LogP contribution in [0.25, 0.3) is 5.69 Å². The lowest BCUT2D eigenvalue weighted by Gasteiger charge is -2.36. The second-order valence-corrected chi connectivity index (χ2v) is 9.91.